The summed E-state index contributed by atoms with van der Waals surface area (Å²) >= 11 is 0. The molecule has 26 heavy (non-hydrogen) atoms. The zero-order chi connectivity index (χ0) is 17.5. The first kappa shape index (κ1) is 20.0. The second-order valence-electron chi connectivity index (χ2n) is 6.30. The normalized spacial score (nSPS) is 13.3. The van der Waals surface area contributed by atoms with Crippen LogP contribution >= 0.6 is 12.4 Å². The van der Waals surface area contributed by atoms with Crippen LogP contribution in [0.1, 0.15) is 27.9 Å². The van der Waals surface area contributed by atoms with Crippen LogP contribution in [0.2, 0.25) is 0 Å². The first-order chi connectivity index (χ1) is 12.2. The predicted molar refractivity (Wildman–Crippen MR) is 107 cm³/mol. The van der Waals surface area contributed by atoms with E-state index in [2.05, 4.69) is 35.8 Å². The van der Waals surface area contributed by atoms with Crippen molar-refractivity contribution in [3.8, 4) is 5.75 Å². The first-order valence-corrected chi connectivity index (χ1v) is 8.66. The van der Waals surface area contributed by atoms with Gasteiger partial charge in [-0.1, -0.05) is 47.5 Å². The standard InChI is InChI=1S/C21H24N2O2.ClH/c1-16-4-2-5-18(12-16)15-25-20-7-3-6-19(13-20)21(24)23-14-17-8-10-22-11-9-17;/h2-8,12-13,22H,9-11,14-15H2,1H3,(H,23,24);1H. The summed E-state index contributed by atoms with van der Waals surface area (Å²) in [5.41, 5.74) is 4.23. The largest absolute Gasteiger partial charge is 0.489 e. The Hall–Kier alpha value is -2.30. The van der Waals surface area contributed by atoms with Crippen LogP contribution in [-0.4, -0.2) is 25.5 Å². The Morgan fingerprint density at radius 3 is 2.81 bits per heavy atom. The maximum absolute atomic E-state index is 12.3. The molecule has 0 unspecified atom stereocenters. The fourth-order valence-corrected chi connectivity index (χ4v) is 2.82. The quantitative estimate of drug-likeness (QED) is 0.761. The van der Waals surface area contributed by atoms with Gasteiger partial charge in [-0.3, -0.25) is 4.79 Å². The van der Waals surface area contributed by atoms with E-state index >= 15 is 0 Å². The number of nitrogens with one attached hydrogen (secondary N) is 2. The summed E-state index contributed by atoms with van der Waals surface area (Å²) in [6, 6.07) is 15.6. The molecule has 0 bridgehead atoms. The van der Waals surface area contributed by atoms with Gasteiger partial charge in [-0.15, -0.1) is 12.4 Å². The molecule has 0 aromatic heterocycles. The van der Waals surface area contributed by atoms with Gasteiger partial charge in [0.05, 0.1) is 0 Å². The average Bonchev–Trinajstić information content (AvgIpc) is 2.65. The van der Waals surface area contributed by atoms with Crippen molar-refractivity contribution in [1.29, 1.82) is 0 Å². The molecule has 1 amide bonds. The van der Waals surface area contributed by atoms with E-state index in [-0.39, 0.29) is 18.3 Å². The number of hydrogen-bond donors (Lipinski definition) is 2. The SMILES string of the molecule is Cc1cccc(COc2cccc(C(=O)NCC3=CCNCC3)c2)c1.Cl. The Balaban J connectivity index is 0.00000243. The molecule has 3 rings (SSSR count). The molecular weight excluding hydrogens is 348 g/mol. The van der Waals surface area contributed by atoms with Crippen molar-refractivity contribution in [2.75, 3.05) is 19.6 Å². The van der Waals surface area contributed by atoms with Gasteiger partial charge in [-0.2, -0.15) is 0 Å². The third kappa shape index (κ3) is 5.90. The van der Waals surface area contributed by atoms with E-state index in [1.807, 2.05) is 30.3 Å². The van der Waals surface area contributed by atoms with Crippen LogP contribution in [0.3, 0.4) is 0 Å². The Morgan fingerprint density at radius 1 is 1.19 bits per heavy atom. The number of amides is 1. The van der Waals surface area contributed by atoms with Gasteiger partial charge in [0.25, 0.3) is 5.91 Å². The van der Waals surface area contributed by atoms with Crippen molar-refractivity contribution in [3.05, 3.63) is 76.9 Å². The summed E-state index contributed by atoms with van der Waals surface area (Å²) in [6.07, 6.45) is 3.13. The molecule has 1 aliphatic heterocycles. The van der Waals surface area contributed by atoms with Crippen LogP contribution in [-0.2, 0) is 6.61 Å². The molecule has 0 atom stereocenters. The Bertz CT molecular complexity index is 774. The minimum Gasteiger partial charge on any atom is -0.489 e. The van der Waals surface area contributed by atoms with Gasteiger partial charge in [-0.05, 0) is 43.7 Å². The molecule has 0 fully saturated rings. The maximum Gasteiger partial charge on any atom is 0.251 e. The Kier molecular flexibility index (Phi) is 7.70. The van der Waals surface area contributed by atoms with E-state index in [9.17, 15) is 4.79 Å². The summed E-state index contributed by atoms with van der Waals surface area (Å²) in [6.45, 7) is 5.02. The molecule has 0 spiro atoms. The molecule has 0 saturated carbocycles. The monoisotopic (exact) mass is 372 g/mol. The molecule has 1 heterocycles. The smallest absolute Gasteiger partial charge is 0.251 e. The van der Waals surface area contributed by atoms with Crippen molar-refractivity contribution in [2.45, 2.75) is 20.0 Å². The number of halogens is 1. The zero-order valence-corrected chi connectivity index (χ0v) is 15.8. The third-order valence-corrected chi connectivity index (χ3v) is 4.22. The van der Waals surface area contributed by atoms with E-state index < -0.39 is 0 Å². The fraction of sp³-hybridized carbons (Fsp3) is 0.286. The third-order valence-electron chi connectivity index (χ3n) is 4.22. The van der Waals surface area contributed by atoms with Crippen LogP contribution in [0, 0.1) is 6.92 Å². The summed E-state index contributed by atoms with van der Waals surface area (Å²) in [4.78, 5) is 12.3. The second-order valence-corrected chi connectivity index (χ2v) is 6.30. The van der Waals surface area contributed by atoms with Crippen LogP contribution in [0.25, 0.3) is 0 Å². The molecule has 4 nitrogen and oxygen atoms in total. The van der Waals surface area contributed by atoms with Crippen LogP contribution in [0.5, 0.6) is 5.75 Å². The van der Waals surface area contributed by atoms with Crippen molar-refractivity contribution in [3.63, 3.8) is 0 Å². The molecule has 0 radical (unpaired) electrons. The van der Waals surface area contributed by atoms with Crippen molar-refractivity contribution in [1.82, 2.24) is 10.6 Å². The lowest BCUT2D eigenvalue weighted by molar-refractivity contribution is 0.0956. The first-order valence-electron chi connectivity index (χ1n) is 8.66. The van der Waals surface area contributed by atoms with Crippen LogP contribution < -0.4 is 15.4 Å². The summed E-state index contributed by atoms with van der Waals surface area (Å²) in [7, 11) is 0. The topological polar surface area (TPSA) is 50.4 Å². The number of carbonyl (C=O) groups excluding carboxylic acids is 1. The molecule has 2 N–H and O–H groups in total. The van der Waals surface area contributed by atoms with Crippen LogP contribution in [0.4, 0.5) is 0 Å². The van der Waals surface area contributed by atoms with Gasteiger partial charge in [0.2, 0.25) is 0 Å². The van der Waals surface area contributed by atoms with E-state index in [4.69, 9.17) is 4.74 Å². The zero-order valence-electron chi connectivity index (χ0n) is 15.0. The highest BCUT2D eigenvalue weighted by Crippen LogP contribution is 2.16. The lowest BCUT2D eigenvalue weighted by atomic mass is 10.1. The lowest BCUT2D eigenvalue weighted by Crippen LogP contribution is -2.29. The predicted octanol–water partition coefficient (Wildman–Crippen LogP) is 3.65. The minimum atomic E-state index is -0.0690. The number of hydrogen-bond acceptors (Lipinski definition) is 3. The van der Waals surface area contributed by atoms with Gasteiger partial charge in [0, 0.05) is 18.7 Å². The minimum absolute atomic E-state index is 0. The Morgan fingerprint density at radius 2 is 2.04 bits per heavy atom. The molecule has 2 aromatic carbocycles. The van der Waals surface area contributed by atoms with Crippen molar-refractivity contribution in [2.24, 2.45) is 0 Å². The highest BCUT2D eigenvalue weighted by molar-refractivity contribution is 5.94. The van der Waals surface area contributed by atoms with Crippen LogP contribution in [0.15, 0.2) is 60.2 Å². The summed E-state index contributed by atoms with van der Waals surface area (Å²) < 4.78 is 5.83. The number of rotatable bonds is 6. The fourth-order valence-electron chi connectivity index (χ4n) is 2.82. The Labute approximate surface area is 161 Å². The molecule has 5 heteroatoms. The number of ether oxygens (including phenoxy) is 1. The van der Waals surface area contributed by atoms with Gasteiger partial charge in [0.1, 0.15) is 12.4 Å². The molecule has 2 aromatic rings. The van der Waals surface area contributed by atoms with Crippen molar-refractivity contribution < 1.29 is 9.53 Å². The molecule has 0 saturated heterocycles. The summed E-state index contributed by atoms with van der Waals surface area (Å²) in [5.74, 6) is 0.635. The molecule has 138 valence electrons. The highest BCUT2D eigenvalue weighted by atomic mass is 35.5. The van der Waals surface area contributed by atoms with Gasteiger partial charge >= 0.3 is 0 Å². The highest BCUT2D eigenvalue weighted by Gasteiger charge is 2.09. The van der Waals surface area contributed by atoms with Crippen molar-refractivity contribution >= 4 is 18.3 Å². The van der Waals surface area contributed by atoms with E-state index in [1.54, 1.807) is 6.07 Å². The second kappa shape index (κ2) is 10.00. The molecule has 1 aliphatic rings. The number of benzene rings is 2. The van der Waals surface area contributed by atoms with E-state index in [0.29, 0.717) is 24.5 Å². The van der Waals surface area contributed by atoms with E-state index in [0.717, 1.165) is 25.1 Å². The lowest BCUT2D eigenvalue weighted by Gasteiger charge is -2.15. The average molecular weight is 373 g/mol. The van der Waals surface area contributed by atoms with Gasteiger partial charge < -0.3 is 15.4 Å². The van der Waals surface area contributed by atoms with E-state index in [1.165, 1.54) is 11.1 Å². The van der Waals surface area contributed by atoms with Gasteiger partial charge in [0.15, 0.2) is 0 Å². The molecular formula is C21H25ClN2O2. The molecule has 0 aliphatic carbocycles. The number of carbonyl (C=O) groups is 1. The number of aryl methyl sites for hydroxylation is 1. The maximum atomic E-state index is 12.3. The van der Waals surface area contributed by atoms with Gasteiger partial charge in [-0.25, -0.2) is 0 Å². The summed E-state index contributed by atoms with van der Waals surface area (Å²) in [5, 5.41) is 6.25.